The second kappa shape index (κ2) is 10.4. The molecule has 0 spiro atoms. The lowest BCUT2D eigenvalue weighted by Crippen LogP contribution is -2.38. The van der Waals surface area contributed by atoms with Crippen molar-refractivity contribution in [1.29, 1.82) is 0 Å². The molecule has 3 aromatic rings. The molecule has 0 saturated heterocycles. The number of carbonyl (C=O) groups is 2. The van der Waals surface area contributed by atoms with Gasteiger partial charge in [0.2, 0.25) is 0 Å². The molecule has 33 heavy (non-hydrogen) atoms. The number of hydrogen-bond donors (Lipinski definition) is 3. The lowest BCUT2D eigenvalue weighted by atomic mass is 9.94. The number of nitrogens with one attached hydrogen (secondary N) is 1. The predicted octanol–water partition coefficient (Wildman–Crippen LogP) is 4.42. The number of phenolic OH excluding ortho intramolecular Hbond substituents is 1. The van der Waals surface area contributed by atoms with E-state index in [9.17, 15) is 29.9 Å². The van der Waals surface area contributed by atoms with Gasteiger partial charge in [0.25, 0.3) is 5.91 Å². The van der Waals surface area contributed by atoms with Gasteiger partial charge in [-0.1, -0.05) is 61.5 Å². The van der Waals surface area contributed by atoms with Gasteiger partial charge in [0, 0.05) is 17.7 Å². The third-order valence-corrected chi connectivity index (χ3v) is 5.37. The first-order valence-electron chi connectivity index (χ1n) is 10.4. The van der Waals surface area contributed by atoms with Crippen LogP contribution in [-0.4, -0.2) is 33.1 Å². The Morgan fingerprint density at radius 1 is 1.00 bits per heavy atom. The van der Waals surface area contributed by atoms with Crippen LogP contribution in [0, 0.1) is 16.0 Å². The largest absolute Gasteiger partial charge is 0.502 e. The smallest absolute Gasteiger partial charge is 0.311 e. The lowest BCUT2D eigenvalue weighted by Gasteiger charge is -2.21. The summed E-state index contributed by atoms with van der Waals surface area (Å²) in [5.74, 6) is -2.80. The van der Waals surface area contributed by atoms with Crippen LogP contribution < -0.4 is 5.32 Å². The molecule has 0 aliphatic carbocycles. The fourth-order valence-corrected chi connectivity index (χ4v) is 3.55. The average Bonchev–Trinajstić information content (AvgIpc) is 2.80. The summed E-state index contributed by atoms with van der Waals surface area (Å²) in [7, 11) is 0. The lowest BCUT2D eigenvalue weighted by molar-refractivity contribution is -0.385. The van der Waals surface area contributed by atoms with E-state index >= 15 is 0 Å². The van der Waals surface area contributed by atoms with Crippen LogP contribution in [0.1, 0.15) is 29.3 Å². The van der Waals surface area contributed by atoms with E-state index in [2.05, 4.69) is 5.32 Å². The number of carboxylic acid groups (broad SMARTS) is 1. The minimum absolute atomic E-state index is 0.00639. The third-order valence-electron chi connectivity index (χ3n) is 5.37. The van der Waals surface area contributed by atoms with Gasteiger partial charge in [0.1, 0.15) is 0 Å². The predicted molar refractivity (Wildman–Crippen MR) is 123 cm³/mol. The van der Waals surface area contributed by atoms with Gasteiger partial charge in [-0.15, -0.1) is 0 Å². The quantitative estimate of drug-likeness (QED) is 0.328. The van der Waals surface area contributed by atoms with E-state index in [4.69, 9.17) is 0 Å². The summed E-state index contributed by atoms with van der Waals surface area (Å²) >= 11 is 0. The average molecular weight is 448 g/mol. The summed E-state index contributed by atoms with van der Waals surface area (Å²) in [5, 5.41) is 32.8. The zero-order valence-corrected chi connectivity index (χ0v) is 18.0. The number of hydrogen-bond acceptors (Lipinski definition) is 5. The molecule has 1 amide bonds. The Morgan fingerprint density at radius 3 is 2.24 bits per heavy atom. The van der Waals surface area contributed by atoms with Crippen molar-refractivity contribution in [2.75, 3.05) is 0 Å². The Balaban J connectivity index is 1.78. The number of amides is 1. The molecule has 8 heteroatoms. The Kier molecular flexibility index (Phi) is 7.40. The zero-order valence-electron chi connectivity index (χ0n) is 18.0. The number of aliphatic carboxylic acids is 1. The van der Waals surface area contributed by atoms with Gasteiger partial charge < -0.3 is 15.5 Å². The number of rotatable bonds is 9. The highest BCUT2D eigenvalue weighted by atomic mass is 16.6. The number of phenols is 1. The van der Waals surface area contributed by atoms with Crippen LogP contribution in [0.4, 0.5) is 5.69 Å². The van der Waals surface area contributed by atoms with Gasteiger partial charge in [0.05, 0.1) is 10.8 Å². The maximum atomic E-state index is 12.8. The molecule has 8 nitrogen and oxygen atoms in total. The van der Waals surface area contributed by atoms with E-state index in [1.54, 1.807) is 6.92 Å². The van der Waals surface area contributed by atoms with Crippen LogP contribution in [0.3, 0.4) is 0 Å². The highest BCUT2D eigenvalue weighted by Crippen LogP contribution is 2.26. The number of aromatic hydroxyl groups is 1. The molecule has 170 valence electrons. The van der Waals surface area contributed by atoms with E-state index in [-0.39, 0.29) is 12.0 Å². The maximum absolute atomic E-state index is 12.8. The van der Waals surface area contributed by atoms with Gasteiger partial charge >= 0.3 is 11.7 Å². The van der Waals surface area contributed by atoms with Crippen LogP contribution in [0.2, 0.25) is 0 Å². The first-order chi connectivity index (χ1) is 15.7. The molecule has 0 aliphatic heterocycles. The summed E-state index contributed by atoms with van der Waals surface area (Å²) < 4.78 is 0. The monoisotopic (exact) mass is 448 g/mol. The Bertz CT molecular complexity index is 1150. The first kappa shape index (κ1) is 23.5. The molecule has 3 aromatic carbocycles. The standard InChI is InChI=1S/C25H24N2O6/c1-16(25(30)31)13-21(26-24(29)20-11-12-23(28)22(15-20)27(32)33)14-17-7-9-19(10-8-17)18-5-3-2-4-6-18/h2-12,15-16,21,28H,13-14H2,1H3,(H,26,29)(H,30,31)/t16-,21+/m1/s1. The Morgan fingerprint density at radius 2 is 1.64 bits per heavy atom. The number of benzene rings is 3. The number of nitro groups is 1. The van der Waals surface area contributed by atoms with Crippen molar-refractivity contribution in [2.45, 2.75) is 25.8 Å². The summed E-state index contributed by atoms with van der Waals surface area (Å²) in [6.07, 6.45) is 0.570. The summed E-state index contributed by atoms with van der Waals surface area (Å²) in [4.78, 5) is 34.4. The molecular formula is C25H24N2O6. The molecule has 3 rings (SSSR count). The minimum atomic E-state index is -0.978. The van der Waals surface area contributed by atoms with Crippen LogP contribution in [0.25, 0.3) is 11.1 Å². The van der Waals surface area contributed by atoms with Gasteiger partial charge in [-0.2, -0.15) is 0 Å². The van der Waals surface area contributed by atoms with Crippen molar-refractivity contribution in [3.63, 3.8) is 0 Å². The SMILES string of the molecule is C[C@H](C[C@@H](Cc1ccc(-c2ccccc2)cc1)NC(=O)c1ccc(O)c([N+](=O)[O-])c1)C(=O)O. The molecule has 0 fully saturated rings. The van der Waals surface area contributed by atoms with Crippen molar-refractivity contribution in [3.05, 3.63) is 94.0 Å². The molecule has 0 aromatic heterocycles. The number of carboxylic acids is 1. The summed E-state index contributed by atoms with van der Waals surface area (Å²) in [6.45, 7) is 1.56. The molecule has 0 aliphatic rings. The minimum Gasteiger partial charge on any atom is -0.502 e. The number of nitrogens with zero attached hydrogens (tertiary/aromatic N) is 1. The highest BCUT2D eigenvalue weighted by Gasteiger charge is 2.23. The van der Waals surface area contributed by atoms with Gasteiger partial charge in [0.15, 0.2) is 5.75 Å². The molecule has 3 N–H and O–H groups in total. The molecule has 2 atom stereocenters. The van der Waals surface area contributed by atoms with E-state index in [0.717, 1.165) is 28.8 Å². The topological polar surface area (TPSA) is 130 Å². The van der Waals surface area contributed by atoms with Crippen molar-refractivity contribution >= 4 is 17.6 Å². The van der Waals surface area contributed by atoms with E-state index in [0.29, 0.717) is 6.42 Å². The fourth-order valence-electron chi connectivity index (χ4n) is 3.55. The second-order valence-corrected chi connectivity index (χ2v) is 7.87. The summed E-state index contributed by atoms with van der Waals surface area (Å²) in [6, 6.07) is 20.5. The molecule has 0 saturated carbocycles. The number of carbonyl (C=O) groups excluding carboxylic acids is 1. The van der Waals surface area contributed by atoms with E-state index in [1.165, 1.54) is 6.07 Å². The fraction of sp³-hybridized carbons (Fsp3) is 0.200. The molecule has 0 radical (unpaired) electrons. The molecule has 0 unspecified atom stereocenters. The number of nitro benzene ring substituents is 1. The molecule has 0 heterocycles. The second-order valence-electron chi connectivity index (χ2n) is 7.87. The van der Waals surface area contributed by atoms with E-state index < -0.39 is 40.2 Å². The van der Waals surface area contributed by atoms with Gasteiger partial charge in [-0.25, -0.2) is 0 Å². The molecule has 0 bridgehead atoms. The highest BCUT2D eigenvalue weighted by molar-refractivity contribution is 5.95. The van der Waals surface area contributed by atoms with Gasteiger partial charge in [-0.05, 0) is 41.7 Å². The van der Waals surface area contributed by atoms with Crippen LogP contribution in [0.15, 0.2) is 72.8 Å². The Hall–Kier alpha value is -4.20. The van der Waals surface area contributed by atoms with Gasteiger partial charge in [-0.3, -0.25) is 19.7 Å². The third kappa shape index (κ3) is 6.16. The Labute approximate surface area is 190 Å². The maximum Gasteiger partial charge on any atom is 0.311 e. The normalized spacial score (nSPS) is 12.5. The zero-order chi connectivity index (χ0) is 24.0. The first-order valence-corrected chi connectivity index (χ1v) is 10.4. The van der Waals surface area contributed by atoms with Crippen LogP contribution >= 0.6 is 0 Å². The van der Waals surface area contributed by atoms with Crippen LogP contribution in [-0.2, 0) is 11.2 Å². The molecular weight excluding hydrogens is 424 g/mol. The van der Waals surface area contributed by atoms with Crippen LogP contribution in [0.5, 0.6) is 5.75 Å². The van der Waals surface area contributed by atoms with Crippen molar-refractivity contribution in [3.8, 4) is 16.9 Å². The van der Waals surface area contributed by atoms with Crippen molar-refractivity contribution in [1.82, 2.24) is 5.32 Å². The van der Waals surface area contributed by atoms with E-state index in [1.807, 2.05) is 54.6 Å². The van der Waals surface area contributed by atoms with Crippen molar-refractivity contribution in [2.24, 2.45) is 5.92 Å². The summed E-state index contributed by atoms with van der Waals surface area (Å²) in [5.41, 5.74) is 2.45. The van der Waals surface area contributed by atoms with Crippen molar-refractivity contribution < 1.29 is 24.7 Å².